The van der Waals surface area contributed by atoms with Gasteiger partial charge in [0.15, 0.2) is 0 Å². The SMILES string of the molecule is COCc1nc(F)ccc1B1OC(C)(C)C(C)(C)O1. The summed E-state index contributed by atoms with van der Waals surface area (Å²) in [5, 5.41) is 0. The zero-order chi connectivity index (χ0) is 14.3. The first kappa shape index (κ1) is 14.4. The van der Waals surface area contributed by atoms with Crippen LogP contribution < -0.4 is 5.46 Å². The monoisotopic (exact) mass is 267 g/mol. The molecule has 0 aliphatic carbocycles. The summed E-state index contributed by atoms with van der Waals surface area (Å²) in [5.74, 6) is -0.535. The van der Waals surface area contributed by atoms with Crippen LogP contribution in [0.15, 0.2) is 12.1 Å². The zero-order valence-electron chi connectivity index (χ0n) is 12.0. The minimum absolute atomic E-state index is 0.219. The number of ether oxygens (including phenoxy) is 1. The molecule has 0 spiro atoms. The average Bonchev–Trinajstić information content (AvgIpc) is 2.48. The van der Waals surface area contributed by atoms with Gasteiger partial charge in [0.1, 0.15) is 0 Å². The maximum absolute atomic E-state index is 13.2. The fourth-order valence-electron chi connectivity index (χ4n) is 1.92. The summed E-state index contributed by atoms with van der Waals surface area (Å²) in [6, 6.07) is 2.94. The molecular weight excluding hydrogens is 248 g/mol. The second kappa shape index (κ2) is 4.85. The van der Waals surface area contributed by atoms with Crippen molar-refractivity contribution in [3.63, 3.8) is 0 Å². The smallest absolute Gasteiger partial charge is 0.399 e. The van der Waals surface area contributed by atoms with Crippen LogP contribution in [0.3, 0.4) is 0 Å². The lowest BCUT2D eigenvalue weighted by Crippen LogP contribution is -2.41. The Labute approximate surface area is 113 Å². The summed E-state index contributed by atoms with van der Waals surface area (Å²) in [7, 11) is 0.990. The van der Waals surface area contributed by atoms with E-state index in [1.54, 1.807) is 13.2 Å². The molecule has 1 aliphatic heterocycles. The van der Waals surface area contributed by atoms with Crippen molar-refractivity contribution >= 4 is 12.6 Å². The quantitative estimate of drug-likeness (QED) is 0.617. The van der Waals surface area contributed by atoms with Crippen LogP contribution in [-0.4, -0.2) is 30.4 Å². The Morgan fingerprint density at radius 2 is 1.79 bits per heavy atom. The standard InChI is InChI=1S/C13H19BFNO3/c1-12(2)13(3,4)19-14(18-12)9-6-7-11(15)16-10(9)8-17-5/h6-7H,8H2,1-5H3. The first-order valence-electron chi connectivity index (χ1n) is 6.27. The summed E-state index contributed by atoms with van der Waals surface area (Å²) in [6.07, 6.45) is 0. The van der Waals surface area contributed by atoms with Crippen LogP contribution >= 0.6 is 0 Å². The van der Waals surface area contributed by atoms with E-state index in [-0.39, 0.29) is 6.61 Å². The van der Waals surface area contributed by atoms with Crippen LogP contribution in [0.4, 0.5) is 4.39 Å². The van der Waals surface area contributed by atoms with E-state index in [2.05, 4.69) is 4.98 Å². The molecule has 1 fully saturated rings. The molecule has 0 amide bonds. The predicted octanol–water partition coefficient (Wildman–Crippen LogP) is 1.67. The van der Waals surface area contributed by atoms with Crippen molar-refractivity contribution in [2.24, 2.45) is 0 Å². The molecule has 19 heavy (non-hydrogen) atoms. The van der Waals surface area contributed by atoms with Gasteiger partial charge < -0.3 is 14.0 Å². The van der Waals surface area contributed by atoms with Crippen molar-refractivity contribution < 1.29 is 18.4 Å². The molecule has 0 radical (unpaired) electrons. The summed E-state index contributed by atoms with van der Waals surface area (Å²) < 4.78 is 30.1. The fourth-order valence-corrected chi connectivity index (χ4v) is 1.92. The lowest BCUT2D eigenvalue weighted by molar-refractivity contribution is 0.00578. The normalized spacial score (nSPS) is 20.8. The van der Waals surface area contributed by atoms with Crippen molar-refractivity contribution in [3.8, 4) is 0 Å². The molecule has 1 saturated heterocycles. The van der Waals surface area contributed by atoms with E-state index in [1.165, 1.54) is 6.07 Å². The molecule has 0 atom stereocenters. The first-order valence-corrected chi connectivity index (χ1v) is 6.27. The number of hydrogen-bond donors (Lipinski definition) is 0. The van der Waals surface area contributed by atoms with E-state index in [9.17, 15) is 4.39 Å². The maximum Gasteiger partial charge on any atom is 0.496 e. The summed E-state index contributed by atoms with van der Waals surface area (Å²) in [6.45, 7) is 8.11. The second-order valence-corrected chi connectivity index (χ2v) is 5.69. The van der Waals surface area contributed by atoms with Gasteiger partial charge in [-0.3, -0.25) is 0 Å². The van der Waals surface area contributed by atoms with Gasteiger partial charge in [-0.15, -0.1) is 0 Å². The van der Waals surface area contributed by atoms with Gasteiger partial charge in [0, 0.05) is 12.6 Å². The minimum atomic E-state index is -0.553. The Hall–Kier alpha value is -0.975. The minimum Gasteiger partial charge on any atom is -0.399 e. The van der Waals surface area contributed by atoms with Gasteiger partial charge >= 0.3 is 7.12 Å². The number of halogens is 1. The van der Waals surface area contributed by atoms with E-state index >= 15 is 0 Å². The highest BCUT2D eigenvalue weighted by atomic mass is 19.1. The first-order chi connectivity index (χ1) is 8.77. The van der Waals surface area contributed by atoms with Crippen LogP contribution in [0, 0.1) is 5.95 Å². The fraction of sp³-hybridized carbons (Fsp3) is 0.615. The van der Waals surface area contributed by atoms with Gasteiger partial charge in [0.2, 0.25) is 5.95 Å². The van der Waals surface area contributed by atoms with Crippen molar-refractivity contribution in [1.82, 2.24) is 4.98 Å². The highest BCUT2D eigenvalue weighted by Gasteiger charge is 2.52. The van der Waals surface area contributed by atoms with Crippen LogP contribution in [0.25, 0.3) is 0 Å². The van der Waals surface area contributed by atoms with Gasteiger partial charge in [-0.05, 0) is 33.8 Å². The van der Waals surface area contributed by atoms with Crippen LogP contribution in [0.5, 0.6) is 0 Å². The largest absolute Gasteiger partial charge is 0.496 e. The molecule has 6 heteroatoms. The van der Waals surface area contributed by atoms with Crippen LogP contribution in [0.2, 0.25) is 0 Å². The van der Waals surface area contributed by atoms with Crippen molar-refractivity contribution in [1.29, 1.82) is 0 Å². The molecule has 2 rings (SSSR count). The van der Waals surface area contributed by atoms with Gasteiger partial charge in [-0.2, -0.15) is 4.39 Å². The molecule has 4 nitrogen and oxygen atoms in total. The molecule has 0 bridgehead atoms. The highest BCUT2D eigenvalue weighted by Crippen LogP contribution is 2.36. The Balaban J connectivity index is 2.34. The molecule has 2 heterocycles. The van der Waals surface area contributed by atoms with E-state index in [4.69, 9.17) is 14.0 Å². The number of rotatable bonds is 3. The van der Waals surface area contributed by atoms with Gasteiger partial charge in [0.25, 0.3) is 0 Å². The van der Waals surface area contributed by atoms with E-state index < -0.39 is 24.3 Å². The number of methoxy groups -OCH3 is 1. The van der Waals surface area contributed by atoms with E-state index in [1.807, 2.05) is 27.7 Å². The third-order valence-electron chi connectivity index (χ3n) is 3.76. The molecule has 0 N–H and O–H groups in total. The van der Waals surface area contributed by atoms with E-state index in [0.29, 0.717) is 11.2 Å². The van der Waals surface area contributed by atoms with Crippen molar-refractivity contribution in [3.05, 3.63) is 23.8 Å². The topological polar surface area (TPSA) is 40.6 Å². The third-order valence-corrected chi connectivity index (χ3v) is 3.76. The summed E-state index contributed by atoms with van der Waals surface area (Å²) in [5.41, 5.74) is 0.343. The molecule has 0 aromatic carbocycles. The van der Waals surface area contributed by atoms with E-state index in [0.717, 1.165) is 0 Å². The summed E-state index contributed by atoms with van der Waals surface area (Å²) >= 11 is 0. The highest BCUT2D eigenvalue weighted by molar-refractivity contribution is 6.62. The second-order valence-electron chi connectivity index (χ2n) is 5.69. The van der Waals surface area contributed by atoms with Crippen molar-refractivity contribution in [2.45, 2.75) is 45.5 Å². The maximum atomic E-state index is 13.2. The molecule has 0 saturated carbocycles. The predicted molar refractivity (Wildman–Crippen MR) is 70.6 cm³/mol. The van der Waals surface area contributed by atoms with Gasteiger partial charge in [-0.1, -0.05) is 6.07 Å². The molecule has 0 unspecified atom stereocenters. The van der Waals surface area contributed by atoms with Crippen LogP contribution in [-0.2, 0) is 20.7 Å². The average molecular weight is 267 g/mol. The molecule has 1 aromatic rings. The number of pyridine rings is 1. The lowest BCUT2D eigenvalue weighted by atomic mass is 9.78. The number of aromatic nitrogens is 1. The molecular formula is C13H19BFNO3. The third kappa shape index (κ3) is 2.66. The Morgan fingerprint density at radius 3 is 2.32 bits per heavy atom. The Bertz CT molecular complexity index is 463. The van der Waals surface area contributed by atoms with Crippen LogP contribution in [0.1, 0.15) is 33.4 Å². The Kier molecular flexibility index (Phi) is 3.68. The Morgan fingerprint density at radius 1 is 1.21 bits per heavy atom. The number of hydrogen-bond acceptors (Lipinski definition) is 4. The zero-order valence-corrected chi connectivity index (χ0v) is 12.0. The molecule has 104 valence electrons. The summed E-state index contributed by atoms with van der Waals surface area (Å²) in [4.78, 5) is 3.85. The van der Waals surface area contributed by atoms with Gasteiger partial charge in [0.05, 0.1) is 23.5 Å². The lowest BCUT2D eigenvalue weighted by Gasteiger charge is -2.32. The number of nitrogens with zero attached hydrogens (tertiary/aromatic N) is 1. The van der Waals surface area contributed by atoms with Gasteiger partial charge in [-0.25, -0.2) is 4.98 Å². The van der Waals surface area contributed by atoms with Crippen molar-refractivity contribution in [2.75, 3.05) is 7.11 Å². The molecule has 1 aromatic heterocycles. The molecule has 1 aliphatic rings.